The topological polar surface area (TPSA) is 66.4 Å². The van der Waals surface area contributed by atoms with Gasteiger partial charge in [0.15, 0.2) is 0 Å². The zero-order chi connectivity index (χ0) is 13.3. The Bertz CT molecular complexity index is 325. The first-order chi connectivity index (χ1) is 7.73. The van der Waals surface area contributed by atoms with Gasteiger partial charge in [-0.1, -0.05) is 27.2 Å². The lowest BCUT2D eigenvalue weighted by atomic mass is 9.81. The summed E-state index contributed by atoms with van der Waals surface area (Å²) in [4.78, 5) is 23.3. The maximum atomic E-state index is 12.2. The van der Waals surface area contributed by atoms with Crippen LogP contribution in [0.3, 0.4) is 0 Å². The summed E-state index contributed by atoms with van der Waals surface area (Å²) in [6, 6.07) is 0. The average molecular weight is 241 g/mol. The Morgan fingerprint density at radius 2 is 2.06 bits per heavy atom. The number of carboxylic acids is 1. The van der Waals surface area contributed by atoms with Crippen LogP contribution < -0.4 is 5.32 Å². The number of carbonyl (C=O) groups is 2. The molecule has 0 aliphatic heterocycles. The summed E-state index contributed by atoms with van der Waals surface area (Å²) in [5.41, 5.74) is -1.16. The van der Waals surface area contributed by atoms with Crippen LogP contribution in [0.1, 0.15) is 53.4 Å². The third-order valence-corrected chi connectivity index (χ3v) is 4.15. The average Bonchev–Trinajstić information content (AvgIpc) is 2.57. The second-order valence-corrected chi connectivity index (χ2v) is 5.91. The second-order valence-electron chi connectivity index (χ2n) is 5.91. The van der Waals surface area contributed by atoms with Crippen LogP contribution in [0.25, 0.3) is 0 Å². The monoisotopic (exact) mass is 241 g/mol. The van der Waals surface area contributed by atoms with Crippen LogP contribution in [-0.4, -0.2) is 22.5 Å². The molecule has 1 fully saturated rings. The van der Waals surface area contributed by atoms with Crippen LogP contribution in [0.15, 0.2) is 0 Å². The first-order valence-electron chi connectivity index (χ1n) is 6.28. The van der Waals surface area contributed by atoms with Gasteiger partial charge in [0.25, 0.3) is 0 Å². The summed E-state index contributed by atoms with van der Waals surface area (Å²) in [7, 11) is 0. The molecule has 4 heteroatoms. The van der Waals surface area contributed by atoms with Crippen LogP contribution in [0.2, 0.25) is 0 Å². The minimum atomic E-state index is -1.14. The molecule has 1 rings (SSSR count). The highest BCUT2D eigenvalue weighted by molar-refractivity contribution is 5.88. The lowest BCUT2D eigenvalue weighted by Crippen LogP contribution is -2.54. The molecule has 98 valence electrons. The van der Waals surface area contributed by atoms with E-state index in [0.717, 1.165) is 19.3 Å². The number of nitrogens with one attached hydrogen (secondary N) is 1. The molecule has 0 spiro atoms. The third-order valence-electron chi connectivity index (χ3n) is 4.15. The Hall–Kier alpha value is -1.06. The molecule has 2 atom stereocenters. The molecule has 0 bridgehead atoms. The molecule has 4 nitrogen and oxygen atoms in total. The molecule has 2 N–H and O–H groups in total. The summed E-state index contributed by atoms with van der Waals surface area (Å²) in [6.07, 6.45) is 3.32. The van der Waals surface area contributed by atoms with Crippen molar-refractivity contribution in [2.24, 2.45) is 11.3 Å². The van der Waals surface area contributed by atoms with E-state index in [4.69, 9.17) is 5.11 Å². The number of carbonyl (C=O) groups excluding carboxylic acids is 1. The van der Waals surface area contributed by atoms with Crippen molar-refractivity contribution in [2.45, 2.75) is 58.9 Å². The van der Waals surface area contributed by atoms with Crippen LogP contribution >= 0.6 is 0 Å². The van der Waals surface area contributed by atoms with Gasteiger partial charge in [-0.15, -0.1) is 0 Å². The highest BCUT2D eigenvalue weighted by Gasteiger charge is 2.42. The van der Waals surface area contributed by atoms with E-state index in [9.17, 15) is 9.59 Å². The molecule has 0 aromatic heterocycles. The lowest BCUT2D eigenvalue weighted by Gasteiger charge is -2.31. The van der Waals surface area contributed by atoms with E-state index in [-0.39, 0.29) is 17.2 Å². The first-order valence-corrected chi connectivity index (χ1v) is 6.28. The number of hydrogen-bond donors (Lipinski definition) is 2. The molecule has 0 aromatic carbocycles. The van der Waals surface area contributed by atoms with Crippen LogP contribution in [0.4, 0.5) is 0 Å². The summed E-state index contributed by atoms with van der Waals surface area (Å²) < 4.78 is 0. The van der Waals surface area contributed by atoms with E-state index in [0.29, 0.717) is 6.42 Å². The van der Waals surface area contributed by atoms with Crippen molar-refractivity contribution in [3.8, 4) is 0 Å². The van der Waals surface area contributed by atoms with Gasteiger partial charge in [0.05, 0.1) is 0 Å². The molecular formula is C13H23NO3. The van der Waals surface area contributed by atoms with E-state index < -0.39 is 11.5 Å². The Balaban J connectivity index is 2.75. The van der Waals surface area contributed by atoms with Crippen LogP contribution in [0, 0.1) is 11.3 Å². The summed E-state index contributed by atoms with van der Waals surface area (Å²) in [5, 5.41) is 11.8. The molecule has 17 heavy (non-hydrogen) atoms. The van der Waals surface area contributed by atoms with Crippen molar-refractivity contribution in [2.75, 3.05) is 0 Å². The molecule has 0 radical (unpaired) electrons. The Morgan fingerprint density at radius 3 is 2.41 bits per heavy atom. The van der Waals surface area contributed by atoms with Gasteiger partial charge in [-0.3, -0.25) is 4.79 Å². The van der Waals surface area contributed by atoms with Gasteiger partial charge in [0.1, 0.15) is 5.54 Å². The fourth-order valence-electron chi connectivity index (χ4n) is 2.46. The SMILES string of the molecule is CCC(C)(NC(=O)C1CCCC1(C)C)C(=O)O. The smallest absolute Gasteiger partial charge is 0.329 e. The van der Waals surface area contributed by atoms with E-state index >= 15 is 0 Å². The van der Waals surface area contributed by atoms with Crippen molar-refractivity contribution in [3.63, 3.8) is 0 Å². The molecule has 0 heterocycles. The quantitative estimate of drug-likeness (QED) is 0.792. The molecule has 1 aliphatic carbocycles. The van der Waals surface area contributed by atoms with E-state index in [1.165, 1.54) is 0 Å². The minimum Gasteiger partial charge on any atom is -0.480 e. The first kappa shape index (κ1) is 14.0. The number of hydrogen-bond acceptors (Lipinski definition) is 2. The predicted octanol–water partition coefficient (Wildman–Crippen LogP) is 2.18. The van der Waals surface area contributed by atoms with Crippen molar-refractivity contribution < 1.29 is 14.7 Å². The number of amides is 1. The fourth-order valence-corrected chi connectivity index (χ4v) is 2.46. The Labute approximate surface area is 103 Å². The molecule has 1 saturated carbocycles. The van der Waals surface area contributed by atoms with Crippen molar-refractivity contribution in [1.29, 1.82) is 0 Å². The van der Waals surface area contributed by atoms with Gasteiger partial charge in [0, 0.05) is 5.92 Å². The molecule has 0 saturated heterocycles. The van der Waals surface area contributed by atoms with E-state index in [1.807, 2.05) is 0 Å². The van der Waals surface area contributed by atoms with Gasteiger partial charge in [-0.25, -0.2) is 4.79 Å². The van der Waals surface area contributed by atoms with Gasteiger partial charge >= 0.3 is 5.97 Å². The molecular weight excluding hydrogens is 218 g/mol. The lowest BCUT2D eigenvalue weighted by molar-refractivity contribution is -0.148. The normalized spacial score (nSPS) is 26.2. The number of carboxylic acid groups (broad SMARTS) is 1. The van der Waals surface area contributed by atoms with Gasteiger partial charge in [-0.2, -0.15) is 0 Å². The van der Waals surface area contributed by atoms with E-state index in [2.05, 4.69) is 19.2 Å². The molecule has 0 aromatic rings. The van der Waals surface area contributed by atoms with Crippen molar-refractivity contribution in [3.05, 3.63) is 0 Å². The fraction of sp³-hybridized carbons (Fsp3) is 0.846. The minimum absolute atomic E-state index is 0.0166. The molecule has 2 unspecified atom stereocenters. The maximum absolute atomic E-state index is 12.2. The standard InChI is InChI=1S/C13H23NO3/c1-5-13(4,11(16)17)14-10(15)9-7-6-8-12(9,2)3/h9H,5-8H2,1-4H3,(H,14,15)(H,16,17). The summed E-state index contributed by atoms with van der Waals surface area (Å²) in [6.45, 7) is 7.49. The van der Waals surface area contributed by atoms with Crippen LogP contribution in [-0.2, 0) is 9.59 Å². The van der Waals surface area contributed by atoms with Gasteiger partial charge < -0.3 is 10.4 Å². The number of rotatable bonds is 4. The molecule has 1 aliphatic rings. The highest BCUT2D eigenvalue weighted by atomic mass is 16.4. The zero-order valence-corrected chi connectivity index (χ0v) is 11.2. The number of aliphatic carboxylic acids is 1. The Kier molecular flexibility index (Phi) is 3.84. The summed E-state index contributed by atoms with van der Waals surface area (Å²) >= 11 is 0. The summed E-state index contributed by atoms with van der Waals surface area (Å²) in [5.74, 6) is -1.14. The second kappa shape index (κ2) is 4.67. The van der Waals surface area contributed by atoms with Crippen LogP contribution in [0.5, 0.6) is 0 Å². The van der Waals surface area contributed by atoms with Gasteiger partial charge in [0.2, 0.25) is 5.91 Å². The third kappa shape index (κ3) is 2.79. The highest BCUT2D eigenvalue weighted by Crippen LogP contribution is 2.42. The Morgan fingerprint density at radius 1 is 1.47 bits per heavy atom. The van der Waals surface area contributed by atoms with Gasteiger partial charge in [-0.05, 0) is 31.6 Å². The maximum Gasteiger partial charge on any atom is 0.329 e. The molecule has 1 amide bonds. The predicted molar refractivity (Wildman–Crippen MR) is 65.6 cm³/mol. The van der Waals surface area contributed by atoms with Crippen molar-refractivity contribution in [1.82, 2.24) is 5.32 Å². The largest absolute Gasteiger partial charge is 0.480 e. The van der Waals surface area contributed by atoms with E-state index in [1.54, 1.807) is 13.8 Å². The van der Waals surface area contributed by atoms with Crippen molar-refractivity contribution >= 4 is 11.9 Å². The zero-order valence-electron chi connectivity index (χ0n) is 11.2.